The van der Waals surface area contributed by atoms with Gasteiger partial charge in [0.1, 0.15) is 17.6 Å². The van der Waals surface area contributed by atoms with E-state index in [1.807, 2.05) is 32.0 Å². The molecule has 22 heavy (non-hydrogen) atoms. The predicted octanol–water partition coefficient (Wildman–Crippen LogP) is 3.59. The van der Waals surface area contributed by atoms with Crippen molar-refractivity contribution in [3.63, 3.8) is 0 Å². The Kier molecular flexibility index (Phi) is 2.82. The van der Waals surface area contributed by atoms with E-state index in [-0.39, 0.29) is 0 Å². The Morgan fingerprint density at radius 3 is 2.95 bits per heavy atom. The Labute approximate surface area is 126 Å². The van der Waals surface area contributed by atoms with Crippen molar-refractivity contribution in [2.45, 2.75) is 20.4 Å². The van der Waals surface area contributed by atoms with Crippen LogP contribution in [0.5, 0.6) is 0 Å². The van der Waals surface area contributed by atoms with Crippen molar-refractivity contribution < 1.29 is 8.83 Å². The van der Waals surface area contributed by atoms with E-state index in [1.165, 1.54) is 6.33 Å². The number of fused-ring (bicyclic) bond motifs is 3. The summed E-state index contributed by atoms with van der Waals surface area (Å²) >= 11 is 0. The van der Waals surface area contributed by atoms with Crippen molar-refractivity contribution in [1.29, 1.82) is 0 Å². The first kappa shape index (κ1) is 12.8. The summed E-state index contributed by atoms with van der Waals surface area (Å²) in [6, 6.07) is 5.78. The molecular formula is C16H14N4O2. The molecule has 110 valence electrons. The molecule has 0 atom stereocenters. The summed E-state index contributed by atoms with van der Waals surface area (Å²) in [4.78, 5) is 13.1. The maximum Gasteiger partial charge on any atom is 0.229 e. The van der Waals surface area contributed by atoms with Crippen LogP contribution in [0.3, 0.4) is 0 Å². The van der Waals surface area contributed by atoms with E-state index in [9.17, 15) is 0 Å². The molecule has 6 heteroatoms. The third-order valence-corrected chi connectivity index (χ3v) is 3.56. The smallest absolute Gasteiger partial charge is 0.229 e. The fraction of sp³-hybridized carbons (Fsp3) is 0.188. The number of anilines is 1. The number of furan rings is 2. The van der Waals surface area contributed by atoms with Crippen molar-refractivity contribution in [2.75, 3.05) is 5.32 Å². The van der Waals surface area contributed by atoms with Crippen LogP contribution in [0.15, 0.2) is 39.6 Å². The molecule has 6 nitrogen and oxygen atoms in total. The van der Waals surface area contributed by atoms with Crippen molar-refractivity contribution in [1.82, 2.24) is 15.0 Å². The monoisotopic (exact) mass is 294 g/mol. The molecule has 0 saturated carbocycles. The van der Waals surface area contributed by atoms with Crippen LogP contribution in [0.25, 0.3) is 22.2 Å². The zero-order valence-corrected chi connectivity index (χ0v) is 12.3. The second kappa shape index (κ2) is 4.84. The van der Waals surface area contributed by atoms with Gasteiger partial charge in [-0.3, -0.25) is 0 Å². The first-order chi connectivity index (χ1) is 10.7. The van der Waals surface area contributed by atoms with Gasteiger partial charge in [0.15, 0.2) is 11.4 Å². The zero-order valence-electron chi connectivity index (χ0n) is 12.3. The van der Waals surface area contributed by atoms with Gasteiger partial charge in [-0.15, -0.1) is 0 Å². The molecule has 0 bridgehead atoms. The van der Waals surface area contributed by atoms with E-state index < -0.39 is 0 Å². The van der Waals surface area contributed by atoms with Gasteiger partial charge in [0.05, 0.1) is 18.2 Å². The summed E-state index contributed by atoms with van der Waals surface area (Å²) in [5.74, 6) is 1.46. The summed E-state index contributed by atoms with van der Waals surface area (Å²) in [5, 5.41) is 4.15. The number of nitrogens with one attached hydrogen (secondary N) is 1. The molecule has 0 unspecified atom stereocenters. The molecule has 0 aliphatic carbocycles. The highest BCUT2D eigenvalue weighted by Crippen LogP contribution is 2.32. The standard InChI is InChI=1S/C16H14N4O2/c1-9-6-10(2)20-16-12(9)13-14(22-16)15(19-8-18-13)17-7-11-4-3-5-21-11/h3-6,8H,7H2,1-2H3,(H,17,18,19). The van der Waals surface area contributed by atoms with Crippen LogP contribution in [0.2, 0.25) is 0 Å². The molecule has 4 rings (SSSR count). The summed E-state index contributed by atoms with van der Waals surface area (Å²) in [6.45, 7) is 4.51. The molecule has 0 aliphatic heterocycles. The second-order valence-electron chi connectivity index (χ2n) is 5.20. The number of pyridine rings is 1. The van der Waals surface area contributed by atoms with E-state index in [1.54, 1.807) is 6.26 Å². The van der Waals surface area contributed by atoms with Crippen LogP contribution in [0.1, 0.15) is 17.0 Å². The maximum atomic E-state index is 5.89. The number of hydrogen-bond acceptors (Lipinski definition) is 6. The highest BCUT2D eigenvalue weighted by Gasteiger charge is 2.16. The van der Waals surface area contributed by atoms with Crippen LogP contribution >= 0.6 is 0 Å². The van der Waals surface area contributed by atoms with Gasteiger partial charge in [0, 0.05) is 5.69 Å². The number of rotatable bonds is 3. The Bertz CT molecular complexity index is 957. The Morgan fingerprint density at radius 1 is 1.23 bits per heavy atom. The first-order valence-corrected chi connectivity index (χ1v) is 7.00. The van der Waals surface area contributed by atoms with Gasteiger partial charge >= 0.3 is 0 Å². The lowest BCUT2D eigenvalue weighted by Crippen LogP contribution is -2.00. The molecule has 0 aromatic carbocycles. The molecule has 0 fully saturated rings. The maximum absolute atomic E-state index is 5.89. The molecule has 4 heterocycles. The number of hydrogen-bond donors (Lipinski definition) is 1. The largest absolute Gasteiger partial charge is 0.467 e. The lowest BCUT2D eigenvalue weighted by molar-refractivity contribution is 0.517. The fourth-order valence-electron chi connectivity index (χ4n) is 2.62. The molecule has 0 aliphatic rings. The number of aryl methyl sites for hydroxylation is 2. The normalized spacial score (nSPS) is 11.4. The summed E-state index contributed by atoms with van der Waals surface area (Å²) in [5.41, 5.74) is 4.00. The highest BCUT2D eigenvalue weighted by atomic mass is 16.3. The van der Waals surface area contributed by atoms with Gasteiger partial charge in [0.2, 0.25) is 5.71 Å². The van der Waals surface area contributed by atoms with Crippen LogP contribution in [0, 0.1) is 13.8 Å². The van der Waals surface area contributed by atoms with Crippen molar-refractivity contribution >= 4 is 28.0 Å². The van der Waals surface area contributed by atoms with Crippen molar-refractivity contribution in [3.8, 4) is 0 Å². The molecule has 0 saturated heterocycles. The van der Waals surface area contributed by atoms with Crippen LogP contribution in [-0.4, -0.2) is 15.0 Å². The lowest BCUT2D eigenvalue weighted by atomic mass is 10.1. The highest BCUT2D eigenvalue weighted by molar-refractivity contribution is 6.05. The van der Waals surface area contributed by atoms with Gasteiger partial charge in [0.25, 0.3) is 0 Å². The molecular weight excluding hydrogens is 280 g/mol. The quantitative estimate of drug-likeness (QED) is 0.622. The van der Waals surface area contributed by atoms with Gasteiger partial charge in [-0.2, -0.15) is 0 Å². The van der Waals surface area contributed by atoms with Crippen LogP contribution in [-0.2, 0) is 6.54 Å². The second-order valence-corrected chi connectivity index (χ2v) is 5.20. The minimum atomic E-state index is 0.529. The predicted molar refractivity (Wildman–Crippen MR) is 82.6 cm³/mol. The third-order valence-electron chi connectivity index (χ3n) is 3.56. The molecule has 4 aromatic heterocycles. The molecule has 0 radical (unpaired) electrons. The minimum absolute atomic E-state index is 0.529. The Morgan fingerprint density at radius 2 is 2.14 bits per heavy atom. The topological polar surface area (TPSA) is 77.0 Å². The zero-order chi connectivity index (χ0) is 15.1. The molecule has 4 aromatic rings. The average Bonchev–Trinajstić information content (AvgIpc) is 3.11. The third kappa shape index (κ3) is 2.00. The summed E-state index contributed by atoms with van der Waals surface area (Å²) in [7, 11) is 0. The molecule has 0 spiro atoms. The molecule has 0 amide bonds. The fourth-order valence-corrected chi connectivity index (χ4v) is 2.62. The summed E-state index contributed by atoms with van der Waals surface area (Å²) < 4.78 is 11.2. The van der Waals surface area contributed by atoms with E-state index in [0.717, 1.165) is 27.9 Å². The Hall–Kier alpha value is -2.89. The molecule has 1 N–H and O–H groups in total. The van der Waals surface area contributed by atoms with Crippen molar-refractivity contribution in [2.24, 2.45) is 0 Å². The number of aromatic nitrogens is 3. The van der Waals surface area contributed by atoms with Crippen LogP contribution < -0.4 is 5.32 Å². The average molecular weight is 294 g/mol. The van der Waals surface area contributed by atoms with Gasteiger partial charge < -0.3 is 14.2 Å². The van der Waals surface area contributed by atoms with Crippen LogP contribution in [0.4, 0.5) is 5.82 Å². The SMILES string of the molecule is Cc1cc(C)c2c(n1)oc1c(NCc3ccco3)ncnc12. The first-order valence-electron chi connectivity index (χ1n) is 7.00. The van der Waals surface area contributed by atoms with Gasteiger partial charge in [-0.05, 0) is 37.6 Å². The number of nitrogens with zero attached hydrogens (tertiary/aromatic N) is 3. The van der Waals surface area contributed by atoms with Gasteiger partial charge in [-0.1, -0.05) is 0 Å². The van der Waals surface area contributed by atoms with Gasteiger partial charge in [-0.25, -0.2) is 15.0 Å². The van der Waals surface area contributed by atoms with E-state index >= 15 is 0 Å². The van der Waals surface area contributed by atoms with E-state index in [0.29, 0.717) is 23.7 Å². The Balaban J connectivity index is 1.84. The minimum Gasteiger partial charge on any atom is -0.467 e. The lowest BCUT2D eigenvalue weighted by Gasteiger charge is -2.02. The van der Waals surface area contributed by atoms with E-state index in [2.05, 4.69) is 20.3 Å². The van der Waals surface area contributed by atoms with E-state index in [4.69, 9.17) is 8.83 Å². The summed E-state index contributed by atoms with van der Waals surface area (Å²) in [6.07, 6.45) is 3.17. The van der Waals surface area contributed by atoms with Crippen molar-refractivity contribution in [3.05, 3.63) is 47.8 Å².